The molecule has 1 aromatic carbocycles. The van der Waals surface area contributed by atoms with E-state index in [1.165, 1.54) is 0 Å². The fraction of sp³-hybridized carbons (Fsp3) is 0.444. The monoisotopic (exact) mass is 343 g/mol. The second-order valence-corrected chi connectivity index (χ2v) is 6.23. The Hall–Kier alpha value is -2.70. The molecule has 4 rings (SSSR count). The molecule has 0 radical (unpaired) electrons. The normalized spacial score (nSPS) is 19.1. The number of rotatable bonds is 4. The molecule has 2 aromatic rings. The first-order chi connectivity index (χ1) is 12.3. The zero-order valence-electron chi connectivity index (χ0n) is 14.2. The number of hydrogen-bond donors (Lipinski definition) is 0. The maximum Gasteiger partial charge on any atom is 0.254 e. The predicted octanol–water partition coefficient (Wildman–Crippen LogP) is 1.97. The summed E-state index contributed by atoms with van der Waals surface area (Å²) in [6.45, 7) is 2.41. The van der Waals surface area contributed by atoms with Crippen LogP contribution in [0, 0.1) is 0 Å². The Morgan fingerprint density at radius 1 is 1.36 bits per heavy atom. The van der Waals surface area contributed by atoms with Crippen LogP contribution in [0.2, 0.25) is 0 Å². The minimum Gasteiger partial charge on any atom is -0.493 e. The summed E-state index contributed by atoms with van der Waals surface area (Å²) in [6.07, 6.45) is 5.66. The second kappa shape index (κ2) is 6.66. The molecule has 2 aliphatic heterocycles. The van der Waals surface area contributed by atoms with E-state index >= 15 is 0 Å². The van der Waals surface area contributed by atoms with Gasteiger partial charge in [-0.3, -0.25) is 9.48 Å². The minimum atomic E-state index is -0.00932. The van der Waals surface area contributed by atoms with Gasteiger partial charge in [-0.1, -0.05) is 0 Å². The molecule has 7 heteroatoms. The third-order valence-corrected chi connectivity index (χ3v) is 4.67. The van der Waals surface area contributed by atoms with Crippen LogP contribution in [0.15, 0.2) is 30.6 Å². The van der Waals surface area contributed by atoms with Gasteiger partial charge in [-0.15, -0.1) is 0 Å². The van der Waals surface area contributed by atoms with Gasteiger partial charge < -0.3 is 19.1 Å². The number of hydrogen-bond acceptors (Lipinski definition) is 5. The Labute approximate surface area is 146 Å². The fourth-order valence-corrected chi connectivity index (χ4v) is 3.48. The summed E-state index contributed by atoms with van der Waals surface area (Å²) in [5, 5.41) is 4.25. The van der Waals surface area contributed by atoms with E-state index in [1.807, 2.05) is 21.8 Å². The zero-order valence-corrected chi connectivity index (χ0v) is 14.2. The number of methoxy groups -OCH3 is 1. The number of fused-ring (bicyclic) bond motifs is 1. The third-order valence-electron chi connectivity index (χ3n) is 4.67. The van der Waals surface area contributed by atoms with Gasteiger partial charge in [0.25, 0.3) is 5.91 Å². The molecule has 132 valence electrons. The second-order valence-electron chi connectivity index (χ2n) is 6.23. The first kappa shape index (κ1) is 15.8. The molecule has 0 saturated carbocycles. The maximum atomic E-state index is 13.1. The Morgan fingerprint density at radius 2 is 2.24 bits per heavy atom. The van der Waals surface area contributed by atoms with Crippen molar-refractivity contribution in [1.29, 1.82) is 0 Å². The Bertz CT molecular complexity index is 743. The quantitative estimate of drug-likeness (QED) is 0.849. The summed E-state index contributed by atoms with van der Waals surface area (Å²) in [7, 11) is 1.57. The molecule has 1 saturated heterocycles. The SMILES string of the molecule is COc1cc(C(=O)N2CCC[C@H]2Cn2cccn2)cc2c1OCCO2. The molecule has 1 atom stereocenters. The number of aromatic nitrogens is 2. The van der Waals surface area contributed by atoms with Gasteiger partial charge >= 0.3 is 0 Å². The largest absolute Gasteiger partial charge is 0.493 e. The minimum absolute atomic E-state index is 0.00932. The highest BCUT2D eigenvalue weighted by Crippen LogP contribution is 2.41. The predicted molar refractivity (Wildman–Crippen MR) is 90.3 cm³/mol. The molecule has 1 fully saturated rings. The van der Waals surface area contributed by atoms with E-state index in [0.29, 0.717) is 42.6 Å². The van der Waals surface area contributed by atoms with Crippen LogP contribution in [0.25, 0.3) is 0 Å². The number of ether oxygens (including phenoxy) is 3. The van der Waals surface area contributed by atoms with Crippen LogP contribution in [0.3, 0.4) is 0 Å². The number of carbonyl (C=O) groups excluding carboxylic acids is 1. The fourth-order valence-electron chi connectivity index (χ4n) is 3.48. The van der Waals surface area contributed by atoms with Crippen LogP contribution in [0.4, 0.5) is 0 Å². The summed E-state index contributed by atoms with van der Waals surface area (Å²) < 4.78 is 18.5. The van der Waals surface area contributed by atoms with Crippen LogP contribution in [-0.4, -0.2) is 53.5 Å². The van der Waals surface area contributed by atoms with E-state index in [9.17, 15) is 4.79 Å². The van der Waals surface area contributed by atoms with Gasteiger partial charge in [-0.2, -0.15) is 5.10 Å². The molecule has 0 N–H and O–H groups in total. The molecule has 2 aliphatic rings. The molecule has 3 heterocycles. The molecule has 0 spiro atoms. The number of carbonyl (C=O) groups is 1. The molecule has 0 bridgehead atoms. The highest BCUT2D eigenvalue weighted by Gasteiger charge is 2.31. The lowest BCUT2D eigenvalue weighted by molar-refractivity contribution is 0.0720. The summed E-state index contributed by atoms with van der Waals surface area (Å²) in [6, 6.07) is 5.53. The lowest BCUT2D eigenvalue weighted by Gasteiger charge is -2.26. The first-order valence-corrected chi connectivity index (χ1v) is 8.52. The van der Waals surface area contributed by atoms with E-state index in [2.05, 4.69) is 5.10 Å². The van der Waals surface area contributed by atoms with Crippen molar-refractivity contribution in [2.45, 2.75) is 25.4 Å². The van der Waals surface area contributed by atoms with Gasteiger partial charge in [0.05, 0.1) is 19.7 Å². The number of nitrogens with zero attached hydrogens (tertiary/aromatic N) is 3. The number of likely N-dealkylation sites (tertiary alicyclic amines) is 1. The molecular weight excluding hydrogens is 322 g/mol. The standard InChI is InChI=1S/C18H21N3O4/c1-23-15-10-13(11-16-17(15)25-9-8-24-16)18(22)21-7-2-4-14(21)12-20-6-3-5-19-20/h3,5-6,10-11,14H,2,4,7-9,12H2,1H3/t14-/m0/s1. The molecule has 25 heavy (non-hydrogen) atoms. The van der Waals surface area contributed by atoms with Crippen LogP contribution in [0.1, 0.15) is 23.2 Å². The molecule has 7 nitrogen and oxygen atoms in total. The van der Waals surface area contributed by atoms with Crippen molar-refractivity contribution < 1.29 is 19.0 Å². The molecule has 1 amide bonds. The van der Waals surface area contributed by atoms with Gasteiger partial charge in [0.1, 0.15) is 13.2 Å². The summed E-state index contributed by atoms with van der Waals surface area (Å²) in [5.41, 5.74) is 0.563. The lowest BCUT2D eigenvalue weighted by Crippen LogP contribution is -2.38. The van der Waals surface area contributed by atoms with Crippen molar-refractivity contribution in [3.05, 3.63) is 36.2 Å². The number of benzene rings is 1. The van der Waals surface area contributed by atoms with Gasteiger partial charge in [-0.25, -0.2) is 0 Å². The Morgan fingerprint density at radius 3 is 3.04 bits per heavy atom. The average molecular weight is 343 g/mol. The van der Waals surface area contributed by atoms with Crippen molar-refractivity contribution in [2.24, 2.45) is 0 Å². The molecular formula is C18H21N3O4. The Kier molecular flexibility index (Phi) is 4.21. The first-order valence-electron chi connectivity index (χ1n) is 8.52. The van der Waals surface area contributed by atoms with E-state index in [1.54, 1.807) is 25.4 Å². The topological polar surface area (TPSA) is 65.8 Å². The third kappa shape index (κ3) is 3.01. The van der Waals surface area contributed by atoms with Crippen LogP contribution >= 0.6 is 0 Å². The van der Waals surface area contributed by atoms with E-state index in [0.717, 1.165) is 19.4 Å². The van der Waals surface area contributed by atoms with E-state index in [-0.39, 0.29) is 11.9 Å². The van der Waals surface area contributed by atoms with Crippen molar-refractivity contribution >= 4 is 5.91 Å². The highest BCUT2D eigenvalue weighted by molar-refractivity contribution is 5.96. The smallest absolute Gasteiger partial charge is 0.254 e. The van der Waals surface area contributed by atoms with Gasteiger partial charge in [0.15, 0.2) is 11.5 Å². The Balaban J connectivity index is 1.59. The molecule has 0 aliphatic carbocycles. The van der Waals surface area contributed by atoms with Crippen molar-refractivity contribution in [2.75, 3.05) is 26.9 Å². The van der Waals surface area contributed by atoms with E-state index < -0.39 is 0 Å². The van der Waals surface area contributed by atoms with Crippen molar-refractivity contribution in [3.63, 3.8) is 0 Å². The summed E-state index contributed by atoms with van der Waals surface area (Å²) in [5.74, 6) is 1.66. The van der Waals surface area contributed by atoms with Crippen LogP contribution < -0.4 is 14.2 Å². The van der Waals surface area contributed by atoms with Crippen molar-refractivity contribution in [1.82, 2.24) is 14.7 Å². The van der Waals surface area contributed by atoms with E-state index in [4.69, 9.17) is 14.2 Å². The summed E-state index contributed by atoms with van der Waals surface area (Å²) in [4.78, 5) is 15.0. The summed E-state index contributed by atoms with van der Waals surface area (Å²) >= 11 is 0. The van der Waals surface area contributed by atoms with Crippen molar-refractivity contribution in [3.8, 4) is 17.2 Å². The lowest BCUT2D eigenvalue weighted by atomic mass is 10.1. The van der Waals surface area contributed by atoms with Gasteiger partial charge in [0, 0.05) is 24.5 Å². The molecule has 1 aromatic heterocycles. The average Bonchev–Trinajstić information content (AvgIpc) is 3.32. The van der Waals surface area contributed by atoms with Crippen LogP contribution in [-0.2, 0) is 6.54 Å². The van der Waals surface area contributed by atoms with Gasteiger partial charge in [-0.05, 0) is 31.0 Å². The number of amides is 1. The van der Waals surface area contributed by atoms with Gasteiger partial charge in [0.2, 0.25) is 5.75 Å². The van der Waals surface area contributed by atoms with Crippen LogP contribution in [0.5, 0.6) is 17.2 Å². The maximum absolute atomic E-state index is 13.1. The highest BCUT2D eigenvalue weighted by atomic mass is 16.6. The molecule has 0 unspecified atom stereocenters. The zero-order chi connectivity index (χ0) is 17.2.